The van der Waals surface area contributed by atoms with E-state index in [1.807, 2.05) is 0 Å². The Morgan fingerprint density at radius 1 is 0.932 bits per heavy atom. The van der Waals surface area contributed by atoms with Gasteiger partial charge in [-0.1, -0.05) is 48.5 Å². The number of nitrogens with one attached hydrogen (secondary N) is 1. The molecule has 1 saturated heterocycles. The van der Waals surface area contributed by atoms with Gasteiger partial charge < -0.3 is 25.0 Å². The molecule has 1 fully saturated rings. The fourth-order valence-electron chi connectivity index (χ4n) is 4.61. The number of hydrogen-bond donors (Lipinski definition) is 2. The number of aromatic nitrogens is 2. The zero-order valence-electron chi connectivity index (χ0n) is 24.1. The maximum atomic E-state index is 13.5. The highest BCUT2D eigenvalue weighted by Gasteiger charge is 2.31. The second-order valence-corrected chi connectivity index (χ2v) is 12.0. The van der Waals surface area contributed by atoms with Gasteiger partial charge in [-0.05, 0) is 31.5 Å². The number of piperazine rings is 1. The summed E-state index contributed by atoms with van der Waals surface area (Å²) >= 11 is 0. The Labute approximate surface area is 254 Å². The molecule has 2 aromatic carbocycles. The zero-order valence-corrected chi connectivity index (χ0v) is 24.9. The van der Waals surface area contributed by atoms with Gasteiger partial charge in [0.2, 0.25) is 5.91 Å². The lowest BCUT2D eigenvalue weighted by Gasteiger charge is -2.35. The van der Waals surface area contributed by atoms with Gasteiger partial charge in [0.05, 0.1) is 22.9 Å². The molecule has 0 unspecified atom stereocenters. The van der Waals surface area contributed by atoms with Crippen LogP contribution in [0.3, 0.4) is 0 Å². The molecule has 13 nitrogen and oxygen atoms in total. The molecule has 2 N–H and O–H groups in total. The van der Waals surface area contributed by atoms with E-state index in [9.17, 15) is 32.7 Å². The molecule has 232 valence electrons. The molecule has 0 aliphatic carbocycles. The van der Waals surface area contributed by atoms with Gasteiger partial charge in [-0.2, -0.15) is 0 Å². The summed E-state index contributed by atoms with van der Waals surface area (Å²) in [6.07, 6.45) is -1.07. The highest BCUT2D eigenvalue weighted by Crippen LogP contribution is 2.20. The normalized spacial score (nSPS) is 14.0. The summed E-state index contributed by atoms with van der Waals surface area (Å²) in [5.74, 6) is -2.85. The third-order valence-corrected chi connectivity index (χ3v) is 8.52. The van der Waals surface area contributed by atoms with E-state index in [0.29, 0.717) is 5.56 Å². The van der Waals surface area contributed by atoms with Gasteiger partial charge in [0.25, 0.3) is 5.91 Å². The van der Waals surface area contributed by atoms with Crippen LogP contribution in [0.5, 0.6) is 0 Å². The molecule has 2 heterocycles. The largest absolute Gasteiger partial charge is 0.481 e. The molecule has 1 aliphatic rings. The topological polar surface area (TPSA) is 176 Å². The number of carboxylic acid groups (broad SMARTS) is 1. The first-order valence-corrected chi connectivity index (χ1v) is 15.7. The van der Waals surface area contributed by atoms with Crippen LogP contribution in [-0.2, 0) is 29.9 Å². The van der Waals surface area contributed by atoms with Crippen molar-refractivity contribution < 1.29 is 37.4 Å². The minimum Gasteiger partial charge on any atom is -0.481 e. The van der Waals surface area contributed by atoms with Crippen molar-refractivity contribution in [2.24, 2.45) is 0 Å². The lowest BCUT2D eigenvalue weighted by molar-refractivity contribution is -0.138. The van der Waals surface area contributed by atoms with Gasteiger partial charge in [0.1, 0.15) is 11.7 Å². The van der Waals surface area contributed by atoms with E-state index >= 15 is 0 Å². The van der Waals surface area contributed by atoms with E-state index in [-0.39, 0.29) is 67.7 Å². The molecule has 0 saturated carbocycles. The molecular formula is C30H33N5O8S. The molecule has 14 heteroatoms. The van der Waals surface area contributed by atoms with Gasteiger partial charge in [0, 0.05) is 38.2 Å². The number of amides is 3. The minimum absolute atomic E-state index is 0.0661. The van der Waals surface area contributed by atoms with Crippen LogP contribution < -0.4 is 5.32 Å². The van der Waals surface area contributed by atoms with Crippen LogP contribution in [-0.4, -0.2) is 96.0 Å². The summed E-state index contributed by atoms with van der Waals surface area (Å²) in [4.78, 5) is 62.2. The van der Waals surface area contributed by atoms with E-state index in [1.165, 1.54) is 28.0 Å². The first kappa shape index (κ1) is 32.1. The third kappa shape index (κ3) is 8.37. The fourth-order valence-corrected chi connectivity index (χ4v) is 5.89. The number of ether oxygens (including phenoxy) is 1. The fraction of sp³-hybridized carbons (Fsp3) is 0.333. The number of benzene rings is 2. The molecular weight excluding hydrogens is 590 g/mol. The maximum Gasteiger partial charge on any atom is 0.409 e. The molecule has 1 aromatic heterocycles. The number of nitrogens with zero attached hydrogens (tertiary/aromatic N) is 4. The van der Waals surface area contributed by atoms with Gasteiger partial charge in [-0.15, -0.1) is 0 Å². The van der Waals surface area contributed by atoms with Crippen molar-refractivity contribution in [3.8, 4) is 11.4 Å². The van der Waals surface area contributed by atoms with E-state index in [2.05, 4.69) is 15.3 Å². The van der Waals surface area contributed by atoms with Crippen LogP contribution in [0.2, 0.25) is 0 Å². The molecule has 1 atom stereocenters. The van der Waals surface area contributed by atoms with Crippen LogP contribution in [0.4, 0.5) is 4.79 Å². The number of aliphatic carboxylic acids is 1. The lowest BCUT2D eigenvalue weighted by atomic mass is 10.1. The van der Waals surface area contributed by atoms with Crippen molar-refractivity contribution >= 4 is 33.7 Å². The number of hydrogen-bond acceptors (Lipinski definition) is 9. The van der Waals surface area contributed by atoms with Gasteiger partial charge in [-0.25, -0.2) is 23.2 Å². The Balaban J connectivity index is 1.59. The first-order valence-electron chi connectivity index (χ1n) is 14.0. The van der Waals surface area contributed by atoms with Crippen molar-refractivity contribution in [1.82, 2.24) is 25.1 Å². The summed E-state index contributed by atoms with van der Waals surface area (Å²) in [5.41, 5.74) is 0.423. The maximum absolute atomic E-state index is 13.5. The third-order valence-electron chi connectivity index (χ3n) is 6.85. The predicted octanol–water partition coefficient (Wildman–Crippen LogP) is 2.38. The summed E-state index contributed by atoms with van der Waals surface area (Å²) in [7, 11) is -3.82. The number of sulfone groups is 1. The Bertz CT molecular complexity index is 1590. The summed E-state index contributed by atoms with van der Waals surface area (Å²) in [5, 5.41) is 11.9. The van der Waals surface area contributed by atoms with Crippen molar-refractivity contribution in [3.63, 3.8) is 0 Å². The van der Waals surface area contributed by atoms with Gasteiger partial charge in [-0.3, -0.25) is 14.4 Å². The standard InChI is InChI=1S/C30H33N5O8S/c1-2-43-30(40)35-17-15-34(16-18-35)29(39)24(13-14-26(36)37)33-28(38)25-19-22(20-44(41,42)23-11-7-4-8-12-23)31-27(32-25)21-9-5-3-6-10-21/h3-12,19,24H,2,13-18,20H2,1H3,(H,33,38)(H,36,37)/t24-/m0/s1. The van der Waals surface area contributed by atoms with Crippen molar-refractivity contribution in [1.29, 1.82) is 0 Å². The smallest absolute Gasteiger partial charge is 0.409 e. The SMILES string of the molecule is CCOC(=O)N1CCN(C(=O)[C@H](CCC(=O)O)NC(=O)c2cc(CS(=O)(=O)c3ccccc3)nc(-c3ccccc3)n2)CC1. The minimum atomic E-state index is -3.82. The molecule has 0 spiro atoms. The molecule has 0 bridgehead atoms. The highest BCUT2D eigenvalue weighted by molar-refractivity contribution is 7.90. The monoisotopic (exact) mass is 623 g/mol. The van der Waals surface area contributed by atoms with Crippen LogP contribution >= 0.6 is 0 Å². The Hall–Kier alpha value is -4.85. The number of carbonyl (C=O) groups excluding carboxylic acids is 3. The van der Waals surface area contributed by atoms with Crippen molar-refractivity contribution in [3.05, 3.63) is 78.1 Å². The molecule has 3 amide bonds. The highest BCUT2D eigenvalue weighted by atomic mass is 32.2. The second-order valence-electron chi connectivity index (χ2n) is 9.98. The molecule has 3 aromatic rings. The lowest BCUT2D eigenvalue weighted by Crippen LogP contribution is -2.56. The Morgan fingerprint density at radius 2 is 1.55 bits per heavy atom. The van der Waals surface area contributed by atoms with Gasteiger partial charge in [0.15, 0.2) is 15.7 Å². The van der Waals surface area contributed by atoms with E-state index in [1.54, 1.807) is 55.5 Å². The quantitative estimate of drug-likeness (QED) is 0.322. The van der Waals surface area contributed by atoms with Crippen molar-refractivity contribution in [2.75, 3.05) is 32.8 Å². The summed E-state index contributed by atoms with van der Waals surface area (Å²) in [6.45, 7) is 2.69. The van der Waals surface area contributed by atoms with E-state index in [0.717, 1.165) is 0 Å². The average molecular weight is 624 g/mol. The molecule has 44 heavy (non-hydrogen) atoms. The number of carbonyl (C=O) groups is 4. The zero-order chi connectivity index (χ0) is 31.7. The van der Waals surface area contributed by atoms with E-state index < -0.39 is 45.5 Å². The van der Waals surface area contributed by atoms with Crippen LogP contribution in [0, 0.1) is 0 Å². The number of carboxylic acids is 1. The summed E-state index contributed by atoms with van der Waals surface area (Å²) < 4.78 is 31.3. The van der Waals surface area contributed by atoms with Crippen LogP contribution in [0.25, 0.3) is 11.4 Å². The Kier molecular flexibility index (Phi) is 10.6. The predicted molar refractivity (Wildman–Crippen MR) is 158 cm³/mol. The van der Waals surface area contributed by atoms with Gasteiger partial charge >= 0.3 is 12.1 Å². The molecule has 1 aliphatic heterocycles. The van der Waals surface area contributed by atoms with Crippen LogP contribution in [0.15, 0.2) is 71.6 Å². The first-order chi connectivity index (χ1) is 21.1. The molecule has 4 rings (SSSR count). The van der Waals surface area contributed by atoms with Crippen molar-refractivity contribution in [2.45, 2.75) is 36.5 Å². The average Bonchev–Trinajstić information content (AvgIpc) is 3.03. The van der Waals surface area contributed by atoms with Crippen LogP contribution in [0.1, 0.15) is 35.9 Å². The second kappa shape index (κ2) is 14.6. The summed E-state index contributed by atoms with van der Waals surface area (Å²) in [6, 6.07) is 16.6. The van der Waals surface area contributed by atoms with E-state index in [4.69, 9.17) is 4.74 Å². The Morgan fingerprint density at radius 3 is 2.16 bits per heavy atom. The number of rotatable bonds is 11. The molecule has 0 radical (unpaired) electrons.